The van der Waals surface area contributed by atoms with Crippen molar-refractivity contribution in [3.8, 4) is 0 Å². The van der Waals surface area contributed by atoms with E-state index in [1.54, 1.807) is 0 Å². The summed E-state index contributed by atoms with van der Waals surface area (Å²) in [6.45, 7) is -0.0855. The van der Waals surface area contributed by atoms with E-state index in [4.69, 9.17) is 5.73 Å². The molecule has 0 bridgehead atoms. The molecule has 0 aromatic heterocycles. The first-order valence-electron chi connectivity index (χ1n) is 3.63. The minimum atomic E-state index is -0.517. The molecule has 0 spiro atoms. The summed E-state index contributed by atoms with van der Waals surface area (Å²) in [6, 6.07) is 5.35. The monoisotopic (exact) mass is 215 g/mol. The van der Waals surface area contributed by atoms with Crippen molar-refractivity contribution in [3.63, 3.8) is 0 Å². The van der Waals surface area contributed by atoms with Gasteiger partial charge in [-0.3, -0.25) is 14.9 Å². The van der Waals surface area contributed by atoms with Gasteiger partial charge in [-0.25, -0.2) is 0 Å². The Morgan fingerprint density at radius 3 is 2.21 bits per heavy atom. The maximum atomic E-state index is 11.0. The average Bonchev–Trinajstić information content (AvgIpc) is 2.17. The SMILES string of the molecule is NCC(=O)c1ccc([N+](=O)[O-])cc1.[Cl-]. The Morgan fingerprint density at radius 1 is 1.36 bits per heavy atom. The average molecular weight is 216 g/mol. The van der Waals surface area contributed by atoms with Gasteiger partial charge in [0.15, 0.2) is 5.78 Å². The van der Waals surface area contributed by atoms with E-state index >= 15 is 0 Å². The summed E-state index contributed by atoms with van der Waals surface area (Å²) < 4.78 is 0. The molecule has 5 nitrogen and oxygen atoms in total. The Balaban J connectivity index is 0.00000169. The number of halogens is 1. The number of nitrogens with zero attached hydrogens (tertiary/aromatic N) is 1. The first-order valence-corrected chi connectivity index (χ1v) is 3.63. The van der Waals surface area contributed by atoms with Crippen LogP contribution in [0.5, 0.6) is 0 Å². The lowest BCUT2D eigenvalue weighted by Gasteiger charge is -1.96. The van der Waals surface area contributed by atoms with Crippen LogP contribution in [0.2, 0.25) is 0 Å². The highest BCUT2D eigenvalue weighted by atomic mass is 35.5. The van der Waals surface area contributed by atoms with Crippen LogP contribution in [0.1, 0.15) is 10.4 Å². The molecule has 2 N–H and O–H groups in total. The number of carbonyl (C=O) groups is 1. The van der Waals surface area contributed by atoms with Crippen LogP contribution in [0.4, 0.5) is 5.69 Å². The number of carbonyl (C=O) groups excluding carboxylic acids is 1. The summed E-state index contributed by atoms with van der Waals surface area (Å²) in [6.07, 6.45) is 0. The molecule has 0 saturated carbocycles. The van der Waals surface area contributed by atoms with Crippen LogP contribution in [-0.2, 0) is 0 Å². The lowest BCUT2D eigenvalue weighted by Crippen LogP contribution is -3.00. The summed E-state index contributed by atoms with van der Waals surface area (Å²) in [5.41, 5.74) is 5.48. The minimum absolute atomic E-state index is 0. The van der Waals surface area contributed by atoms with E-state index < -0.39 is 4.92 Å². The minimum Gasteiger partial charge on any atom is -1.00 e. The number of hydrogen-bond donors (Lipinski definition) is 1. The Bertz CT molecular complexity index is 337. The van der Waals surface area contributed by atoms with Crippen LogP contribution in [0.15, 0.2) is 24.3 Å². The molecule has 0 atom stereocenters. The molecule has 0 amide bonds. The zero-order chi connectivity index (χ0) is 9.84. The van der Waals surface area contributed by atoms with Gasteiger partial charge in [-0.1, -0.05) is 0 Å². The normalized spacial score (nSPS) is 8.93. The number of Topliss-reactive ketones (excluding diaryl/α,β-unsaturated/α-hetero) is 1. The Labute approximate surface area is 86.5 Å². The first kappa shape index (κ1) is 12.5. The third kappa shape index (κ3) is 2.79. The predicted octanol–water partition coefficient (Wildman–Crippen LogP) is -2.26. The topological polar surface area (TPSA) is 86.2 Å². The van der Waals surface area contributed by atoms with Gasteiger partial charge in [-0.05, 0) is 12.1 Å². The maximum absolute atomic E-state index is 11.0. The number of ketones is 1. The molecule has 1 aromatic carbocycles. The molecule has 1 rings (SSSR count). The van der Waals surface area contributed by atoms with E-state index in [2.05, 4.69) is 0 Å². The van der Waals surface area contributed by atoms with Crippen LogP contribution < -0.4 is 18.1 Å². The zero-order valence-electron chi connectivity index (χ0n) is 7.14. The molecule has 0 aliphatic carbocycles. The highest BCUT2D eigenvalue weighted by Gasteiger charge is 2.07. The third-order valence-electron chi connectivity index (χ3n) is 1.59. The summed E-state index contributed by atoms with van der Waals surface area (Å²) >= 11 is 0. The Kier molecular flexibility index (Phi) is 4.76. The van der Waals surface area contributed by atoms with Crippen LogP contribution in [0.3, 0.4) is 0 Å². The van der Waals surface area contributed by atoms with E-state index in [0.717, 1.165) is 0 Å². The second-order valence-corrected chi connectivity index (χ2v) is 2.43. The highest BCUT2D eigenvalue weighted by Crippen LogP contribution is 2.11. The smallest absolute Gasteiger partial charge is 0.269 e. The molecule has 0 heterocycles. The van der Waals surface area contributed by atoms with Crippen LogP contribution in [0.25, 0.3) is 0 Å². The fraction of sp³-hybridized carbons (Fsp3) is 0.125. The number of hydrogen-bond acceptors (Lipinski definition) is 4. The van der Waals surface area contributed by atoms with Crippen LogP contribution >= 0.6 is 0 Å². The van der Waals surface area contributed by atoms with Gasteiger partial charge in [-0.2, -0.15) is 0 Å². The van der Waals surface area contributed by atoms with Crippen LogP contribution in [-0.4, -0.2) is 17.3 Å². The molecule has 0 aliphatic rings. The number of benzene rings is 1. The zero-order valence-corrected chi connectivity index (χ0v) is 7.90. The Hall–Kier alpha value is -1.46. The number of non-ortho nitro benzene ring substituents is 1. The molecule has 6 heteroatoms. The van der Waals surface area contributed by atoms with Crippen molar-refractivity contribution in [2.24, 2.45) is 5.73 Å². The molecule has 0 radical (unpaired) electrons. The number of nitro groups is 1. The summed E-state index contributed by atoms with van der Waals surface area (Å²) in [7, 11) is 0. The van der Waals surface area contributed by atoms with Gasteiger partial charge >= 0.3 is 0 Å². The van der Waals surface area contributed by atoms with E-state index in [0.29, 0.717) is 5.56 Å². The molecule has 0 saturated heterocycles. The van der Waals surface area contributed by atoms with Gasteiger partial charge in [0.05, 0.1) is 11.5 Å². The highest BCUT2D eigenvalue weighted by molar-refractivity contribution is 5.97. The largest absolute Gasteiger partial charge is 1.00 e. The second-order valence-electron chi connectivity index (χ2n) is 2.43. The summed E-state index contributed by atoms with van der Waals surface area (Å²) in [5.74, 6) is -0.227. The van der Waals surface area contributed by atoms with E-state index in [-0.39, 0.29) is 30.4 Å². The lowest BCUT2D eigenvalue weighted by atomic mass is 10.1. The molecular weight excluding hydrogens is 208 g/mol. The fourth-order valence-electron chi connectivity index (χ4n) is 0.887. The van der Waals surface area contributed by atoms with E-state index in [9.17, 15) is 14.9 Å². The van der Waals surface area contributed by atoms with Crippen molar-refractivity contribution in [1.82, 2.24) is 0 Å². The predicted molar refractivity (Wildman–Crippen MR) is 46.5 cm³/mol. The van der Waals surface area contributed by atoms with Crippen molar-refractivity contribution in [3.05, 3.63) is 39.9 Å². The van der Waals surface area contributed by atoms with Crippen molar-refractivity contribution in [2.45, 2.75) is 0 Å². The third-order valence-corrected chi connectivity index (χ3v) is 1.59. The van der Waals surface area contributed by atoms with Gasteiger partial charge < -0.3 is 18.1 Å². The second kappa shape index (κ2) is 5.31. The quantitative estimate of drug-likeness (QED) is 0.350. The van der Waals surface area contributed by atoms with E-state index in [1.165, 1.54) is 24.3 Å². The maximum Gasteiger partial charge on any atom is 0.269 e. The van der Waals surface area contributed by atoms with Crippen molar-refractivity contribution < 1.29 is 22.1 Å². The van der Waals surface area contributed by atoms with Crippen molar-refractivity contribution in [1.29, 1.82) is 0 Å². The first-order chi connectivity index (χ1) is 6.15. The molecule has 1 aromatic rings. The molecule has 76 valence electrons. The standard InChI is InChI=1S/C8H8N2O3.ClH/c9-5-8(11)6-1-3-7(4-2-6)10(12)13;/h1-4H,5,9H2;1H/p-1. The molecule has 0 fully saturated rings. The number of nitro benzene ring substituents is 1. The lowest BCUT2D eigenvalue weighted by molar-refractivity contribution is -0.384. The van der Waals surface area contributed by atoms with Gasteiger partial charge in [0.25, 0.3) is 5.69 Å². The van der Waals surface area contributed by atoms with E-state index in [1.807, 2.05) is 0 Å². The molecule has 0 unspecified atom stereocenters. The molecule has 14 heavy (non-hydrogen) atoms. The number of nitrogens with two attached hydrogens (primary N) is 1. The summed E-state index contributed by atoms with van der Waals surface area (Å²) in [5, 5.41) is 10.2. The molecule has 0 aliphatic heterocycles. The van der Waals surface area contributed by atoms with Gasteiger partial charge in [-0.15, -0.1) is 0 Å². The van der Waals surface area contributed by atoms with Gasteiger partial charge in [0.2, 0.25) is 0 Å². The van der Waals surface area contributed by atoms with Gasteiger partial charge in [0.1, 0.15) is 0 Å². The fourth-order valence-corrected chi connectivity index (χ4v) is 0.887. The van der Waals surface area contributed by atoms with Crippen molar-refractivity contribution >= 4 is 11.5 Å². The number of rotatable bonds is 3. The van der Waals surface area contributed by atoms with Gasteiger partial charge in [0, 0.05) is 17.7 Å². The molecular formula is C8H8ClN2O3-. The van der Waals surface area contributed by atoms with Crippen molar-refractivity contribution in [2.75, 3.05) is 6.54 Å². The Morgan fingerprint density at radius 2 is 1.86 bits per heavy atom. The summed E-state index contributed by atoms with van der Waals surface area (Å²) in [4.78, 5) is 20.7. The van der Waals surface area contributed by atoms with Crippen LogP contribution in [0, 0.1) is 10.1 Å².